The van der Waals surface area contributed by atoms with Gasteiger partial charge in [0.1, 0.15) is 0 Å². The fourth-order valence-electron chi connectivity index (χ4n) is 1.75. The Morgan fingerprint density at radius 1 is 1.35 bits per heavy atom. The van der Waals surface area contributed by atoms with E-state index in [0.717, 1.165) is 16.3 Å². The zero-order chi connectivity index (χ0) is 15.0. The third kappa shape index (κ3) is 2.48. The zero-order valence-electron chi connectivity index (χ0n) is 10.7. The summed E-state index contributed by atoms with van der Waals surface area (Å²) in [6, 6.07) is 3.20. The highest BCUT2D eigenvalue weighted by Crippen LogP contribution is 2.26. The molecule has 1 heterocycles. The maximum atomic E-state index is 12.2. The van der Waals surface area contributed by atoms with Gasteiger partial charge in [-0.05, 0) is 47.5 Å². The zero-order valence-corrected chi connectivity index (χ0v) is 13.0. The number of aryl methyl sites for hydroxylation is 1. The topological polar surface area (TPSA) is 71.9 Å². The van der Waals surface area contributed by atoms with Crippen LogP contribution in [0.25, 0.3) is 5.69 Å². The van der Waals surface area contributed by atoms with Crippen LogP contribution in [0, 0.1) is 6.92 Å². The average Bonchev–Trinajstić information content (AvgIpc) is 2.35. The number of nitrogens with one attached hydrogen (secondary N) is 1. The van der Waals surface area contributed by atoms with Crippen molar-refractivity contribution in [1.82, 2.24) is 9.55 Å². The van der Waals surface area contributed by atoms with Crippen molar-refractivity contribution in [3.8, 4) is 5.69 Å². The average molecular weight is 358 g/mol. The van der Waals surface area contributed by atoms with E-state index in [9.17, 15) is 14.4 Å². The van der Waals surface area contributed by atoms with Gasteiger partial charge in [-0.15, -0.1) is 0 Å². The number of nitrogens with zero attached hydrogens (tertiary/aromatic N) is 1. The number of ketones is 1. The van der Waals surface area contributed by atoms with Crippen molar-refractivity contribution in [1.29, 1.82) is 0 Å². The van der Waals surface area contributed by atoms with E-state index in [1.54, 1.807) is 13.0 Å². The van der Waals surface area contributed by atoms with Crippen LogP contribution in [0.5, 0.6) is 0 Å². The molecule has 7 heteroatoms. The summed E-state index contributed by atoms with van der Waals surface area (Å²) >= 11 is 9.32. The Kier molecular flexibility index (Phi) is 3.96. The number of Topliss-reactive ketones (excluding diaryl/α,β-unsaturated/α-hetero) is 1. The Morgan fingerprint density at radius 2 is 2.00 bits per heavy atom. The summed E-state index contributed by atoms with van der Waals surface area (Å²) in [6.45, 7) is 3.06. The van der Waals surface area contributed by atoms with Crippen LogP contribution in [0.1, 0.15) is 22.8 Å². The first kappa shape index (κ1) is 14.7. The molecular weight excluding hydrogens is 348 g/mol. The van der Waals surface area contributed by atoms with E-state index in [4.69, 9.17) is 11.6 Å². The number of hydrogen-bond acceptors (Lipinski definition) is 3. The van der Waals surface area contributed by atoms with Crippen LogP contribution in [0.15, 0.2) is 32.4 Å². The van der Waals surface area contributed by atoms with Crippen LogP contribution in [0.3, 0.4) is 0 Å². The predicted octanol–water partition coefficient (Wildman–Crippen LogP) is 2.45. The molecule has 1 aromatic heterocycles. The van der Waals surface area contributed by atoms with Crippen molar-refractivity contribution in [2.75, 3.05) is 0 Å². The predicted molar refractivity (Wildman–Crippen MR) is 80.1 cm³/mol. The first-order valence-electron chi connectivity index (χ1n) is 5.64. The number of halogens is 2. The van der Waals surface area contributed by atoms with Crippen LogP contribution in [-0.4, -0.2) is 15.3 Å². The smallest absolute Gasteiger partial charge is 0.313 e. The fourth-order valence-corrected chi connectivity index (χ4v) is 2.54. The van der Waals surface area contributed by atoms with Crippen molar-refractivity contribution in [3.63, 3.8) is 0 Å². The van der Waals surface area contributed by atoms with Gasteiger partial charge in [0, 0.05) is 15.7 Å². The standard InChI is InChI=1S/C13H10BrClN2O3/c1-6-3-9(14)11(4-10(6)15)17-12(19)8(7(2)18)5-16-13(17)20/h3-5H,1-2H3,(H,16,20). The molecule has 0 bridgehead atoms. The number of carbonyl (C=O) groups is 1. The second kappa shape index (κ2) is 5.38. The number of carbonyl (C=O) groups excluding carboxylic acids is 1. The normalized spacial score (nSPS) is 10.6. The van der Waals surface area contributed by atoms with Gasteiger partial charge in [-0.1, -0.05) is 11.6 Å². The van der Waals surface area contributed by atoms with Gasteiger partial charge in [-0.2, -0.15) is 0 Å². The van der Waals surface area contributed by atoms with Crippen LogP contribution in [0.4, 0.5) is 0 Å². The molecule has 0 fully saturated rings. The number of benzene rings is 1. The van der Waals surface area contributed by atoms with E-state index < -0.39 is 17.0 Å². The summed E-state index contributed by atoms with van der Waals surface area (Å²) in [4.78, 5) is 37.9. The second-order valence-electron chi connectivity index (χ2n) is 4.26. The highest BCUT2D eigenvalue weighted by Gasteiger charge is 2.15. The first-order valence-corrected chi connectivity index (χ1v) is 6.81. The lowest BCUT2D eigenvalue weighted by atomic mass is 10.2. The van der Waals surface area contributed by atoms with Crippen molar-refractivity contribution in [2.45, 2.75) is 13.8 Å². The lowest BCUT2D eigenvalue weighted by Crippen LogP contribution is -2.36. The minimum atomic E-state index is -0.679. The minimum Gasteiger partial charge on any atom is -0.313 e. The summed E-state index contributed by atoms with van der Waals surface area (Å²) < 4.78 is 1.42. The van der Waals surface area contributed by atoms with Crippen LogP contribution >= 0.6 is 27.5 Å². The van der Waals surface area contributed by atoms with Crippen molar-refractivity contribution in [3.05, 3.63) is 59.8 Å². The van der Waals surface area contributed by atoms with E-state index in [1.165, 1.54) is 13.0 Å². The number of aromatic nitrogens is 2. The van der Waals surface area contributed by atoms with Crippen LogP contribution in [0.2, 0.25) is 5.02 Å². The molecule has 0 aliphatic rings. The lowest BCUT2D eigenvalue weighted by molar-refractivity contribution is 0.101. The van der Waals surface area contributed by atoms with E-state index >= 15 is 0 Å². The molecule has 2 aromatic rings. The Bertz CT molecular complexity index is 823. The third-order valence-electron chi connectivity index (χ3n) is 2.82. The van der Waals surface area contributed by atoms with Gasteiger partial charge in [0.2, 0.25) is 0 Å². The van der Waals surface area contributed by atoms with Crippen molar-refractivity contribution in [2.24, 2.45) is 0 Å². The number of aromatic amines is 1. The molecular formula is C13H10BrClN2O3. The molecule has 0 saturated heterocycles. The van der Waals surface area contributed by atoms with Gasteiger partial charge < -0.3 is 4.98 Å². The van der Waals surface area contributed by atoms with Gasteiger partial charge >= 0.3 is 5.69 Å². The largest absolute Gasteiger partial charge is 0.333 e. The Morgan fingerprint density at radius 3 is 2.60 bits per heavy atom. The molecule has 0 radical (unpaired) electrons. The summed E-state index contributed by atoms with van der Waals surface area (Å²) in [5.74, 6) is -0.422. The van der Waals surface area contributed by atoms with Gasteiger partial charge in [-0.25, -0.2) is 9.36 Å². The third-order valence-corrected chi connectivity index (χ3v) is 3.87. The second-order valence-corrected chi connectivity index (χ2v) is 5.52. The fraction of sp³-hybridized carbons (Fsp3) is 0.154. The van der Waals surface area contributed by atoms with E-state index in [2.05, 4.69) is 20.9 Å². The molecule has 0 unspecified atom stereocenters. The quantitative estimate of drug-likeness (QED) is 0.839. The molecule has 0 saturated carbocycles. The SMILES string of the molecule is CC(=O)c1c[nH]c(=O)n(-c2cc(Cl)c(C)cc2Br)c1=O. The van der Waals surface area contributed by atoms with E-state index in [0.29, 0.717) is 9.50 Å². The molecule has 0 aliphatic carbocycles. The molecule has 2 rings (SSSR count). The monoisotopic (exact) mass is 356 g/mol. The van der Waals surface area contributed by atoms with Gasteiger partial charge in [-0.3, -0.25) is 9.59 Å². The number of rotatable bonds is 2. The Balaban J connectivity index is 2.87. The van der Waals surface area contributed by atoms with E-state index in [1.807, 2.05) is 0 Å². The number of H-pyrrole nitrogens is 1. The lowest BCUT2D eigenvalue weighted by Gasteiger charge is -2.10. The summed E-state index contributed by atoms with van der Waals surface area (Å²) in [5.41, 5.74) is -0.319. The molecule has 0 aliphatic heterocycles. The molecule has 1 N–H and O–H groups in total. The van der Waals surface area contributed by atoms with Gasteiger partial charge in [0.25, 0.3) is 5.56 Å². The van der Waals surface area contributed by atoms with E-state index in [-0.39, 0.29) is 11.3 Å². The Hall–Kier alpha value is -1.66. The minimum absolute atomic E-state index is 0.0896. The molecule has 1 aromatic carbocycles. The maximum absolute atomic E-state index is 12.2. The van der Waals surface area contributed by atoms with Crippen LogP contribution < -0.4 is 11.2 Å². The van der Waals surface area contributed by atoms with Crippen molar-refractivity contribution < 1.29 is 4.79 Å². The van der Waals surface area contributed by atoms with Crippen molar-refractivity contribution >= 4 is 33.3 Å². The molecule has 0 amide bonds. The molecule has 0 spiro atoms. The summed E-state index contributed by atoms with van der Waals surface area (Å²) in [5, 5.41) is 0.419. The summed E-state index contributed by atoms with van der Waals surface area (Å²) in [7, 11) is 0. The summed E-state index contributed by atoms with van der Waals surface area (Å²) in [6.07, 6.45) is 1.12. The van der Waals surface area contributed by atoms with Crippen LogP contribution in [-0.2, 0) is 0 Å². The highest BCUT2D eigenvalue weighted by atomic mass is 79.9. The Labute approximate surface area is 127 Å². The molecule has 20 heavy (non-hydrogen) atoms. The first-order chi connectivity index (χ1) is 9.32. The highest BCUT2D eigenvalue weighted by molar-refractivity contribution is 9.10. The number of hydrogen-bond donors (Lipinski definition) is 1. The maximum Gasteiger partial charge on any atom is 0.333 e. The molecule has 5 nitrogen and oxygen atoms in total. The molecule has 0 atom stereocenters. The molecule has 104 valence electrons. The van der Waals surface area contributed by atoms with Gasteiger partial charge in [0.15, 0.2) is 5.78 Å². The van der Waals surface area contributed by atoms with Gasteiger partial charge in [0.05, 0.1) is 11.3 Å².